The van der Waals surface area contributed by atoms with Gasteiger partial charge in [0.15, 0.2) is 0 Å². The van der Waals surface area contributed by atoms with Crippen molar-refractivity contribution in [2.24, 2.45) is 5.73 Å². The van der Waals surface area contributed by atoms with Gasteiger partial charge in [-0.3, -0.25) is 4.90 Å². The Hall–Kier alpha value is -0.160. The molecule has 1 rings (SSSR count). The first-order valence-corrected chi connectivity index (χ1v) is 6.05. The van der Waals surface area contributed by atoms with Crippen LogP contribution < -0.4 is 5.73 Å². The van der Waals surface area contributed by atoms with Crippen molar-refractivity contribution in [3.8, 4) is 0 Å². The number of likely N-dealkylation sites (N-methyl/N-ethyl adjacent to an activating group) is 1. The van der Waals surface area contributed by atoms with Crippen molar-refractivity contribution >= 4 is 0 Å². The van der Waals surface area contributed by atoms with Crippen molar-refractivity contribution in [2.45, 2.75) is 44.4 Å². The van der Waals surface area contributed by atoms with Crippen LogP contribution in [0.25, 0.3) is 0 Å². The van der Waals surface area contributed by atoms with Gasteiger partial charge < -0.3 is 15.2 Å². The second-order valence-electron chi connectivity index (χ2n) is 5.24. The second kappa shape index (κ2) is 5.96. The van der Waals surface area contributed by atoms with Gasteiger partial charge in [-0.15, -0.1) is 0 Å². The fourth-order valence-corrected chi connectivity index (χ4v) is 2.19. The molecule has 0 aromatic heterocycles. The van der Waals surface area contributed by atoms with E-state index in [1.165, 1.54) is 0 Å². The van der Waals surface area contributed by atoms with E-state index in [0.717, 1.165) is 26.1 Å². The summed E-state index contributed by atoms with van der Waals surface area (Å²) >= 11 is 0. The predicted octanol–water partition coefficient (Wildman–Crippen LogP) is 0.850. The topological polar surface area (TPSA) is 47.7 Å². The zero-order chi connectivity index (χ0) is 12.2. The molecule has 0 radical (unpaired) electrons. The van der Waals surface area contributed by atoms with Crippen LogP contribution in [0.5, 0.6) is 0 Å². The minimum Gasteiger partial charge on any atom is -0.380 e. The molecule has 4 nitrogen and oxygen atoms in total. The Morgan fingerprint density at radius 3 is 2.69 bits per heavy atom. The molecule has 0 aromatic rings. The molecular formula is C12H26N2O2. The first-order valence-electron chi connectivity index (χ1n) is 6.05. The Balaban J connectivity index is 2.52. The molecule has 0 aliphatic carbocycles. The summed E-state index contributed by atoms with van der Waals surface area (Å²) in [7, 11) is 3.90. The summed E-state index contributed by atoms with van der Waals surface area (Å²) < 4.78 is 10.9. The summed E-state index contributed by atoms with van der Waals surface area (Å²) in [5, 5.41) is 0. The van der Waals surface area contributed by atoms with Gasteiger partial charge in [0.1, 0.15) is 0 Å². The van der Waals surface area contributed by atoms with E-state index >= 15 is 0 Å². The molecule has 1 aliphatic rings. The van der Waals surface area contributed by atoms with Gasteiger partial charge in [0.2, 0.25) is 0 Å². The van der Waals surface area contributed by atoms with Crippen molar-refractivity contribution in [3.05, 3.63) is 0 Å². The molecule has 2 atom stereocenters. The molecule has 1 fully saturated rings. The second-order valence-corrected chi connectivity index (χ2v) is 5.24. The molecule has 0 saturated carbocycles. The first kappa shape index (κ1) is 13.9. The van der Waals surface area contributed by atoms with E-state index in [-0.39, 0.29) is 5.60 Å². The number of methoxy groups -OCH3 is 1. The fraction of sp³-hybridized carbons (Fsp3) is 1.00. The Morgan fingerprint density at radius 2 is 2.25 bits per heavy atom. The van der Waals surface area contributed by atoms with Crippen molar-refractivity contribution in [2.75, 3.05) is 33.9 Å². The monoisotopic (exact) mass is 230 g/mol. The maximum atomic E-state index is 5.87. The summed E-state index contributed by atoms with van der Waals surface area (Å²) in [6.07, 6.45) is 2.06. The maximum absolute atomic E-state index is 5.87. The summed E-state index contributed by atoms with van der Waals surface area (Å²) in [6.45, 7) is 6.59. The third kappa shape index (κ3) is 3.70. The van der Waals surface area contributed by atoms with E-state index in [1.54, 1.807) is 7.11 Å². The van der Waals surface area contributed by atoms with Crippen LogP contribution in [0.15, 0.2) is 0 Å². The van der Waals surface area contributed by atoms with Crippen LogP contribution in [0.4, 0.5) is 0 Å². The SMILES string of the molecule is COC(C)(C)CC(CN)N(C)C1CCOC1. The van der Waals surface area contributed by atoms with Crippen LogP contribution in [0.2, 0.25) is 0 Å². The average Bonchev–Trinajstić information content (AvgIpc) is 2.78. The van der Waals surface area contributed by atoms with Crippen LogP contribution >= 0.6 is 0 Å². The number of hydrogen-bond donors (Lipinski definition) is 1. The molecule has 4 heteroatoms. The minimum atomic E-state index is -0.113. The summed E-state index contributed by atoms with van der Waals surface area (Å²) in [4.78, 5) is 2.35. The molecule has 0 aromatic carbocycles. The van der Waals surface area contributed by atoms with E-state index in [4.69, 9.17) is 15.2 Å². The summed E-state index contributed by atoms with van der Waals surface area (Å²) in [5.41, 5.74) is 5.75. The van der Waals surface area contributed by atoms with Crippen LogP contribution in [-0.4, -0.2) is 56.5 Å². The highest BCUT2D eigenvalue weighted by atomic mass is 16.5. The molecule has 2 unspecified atom stereocenters. The Bertz CT molecular complexity index is 203. The van der Waals surface area contributed by atoms with E-state index in [9.17, 15) is 0 Å². The lowest BCUT2D eigenvalue weighted by molar-refractivity contribution is -0.0102. The number of nitrogens with two attached hydrogens (primary N) is 1. The Morgan fingerprint density at radius 1 is 1.56 bits per heavy atom. The van der Waals surface area contributed by atoms with Gasteiger partial charge in [0.25, 0.3) is 0 Å². The van der Waals surface area contributed by atoms with Gasteiger partial charge >= 0.3 is 0 Å². The minimum absolute atomic E-state index is 0.113. The molecule has 96 valence electrons. The van der Waals surface area contributed by atoms with Gasteiger partial charge in [-0.25, -0.2) is 0 Å². The standard InChI is InChI=1S/C12H26N2O2/c1-12(2,15-4)7-11(8-13)14(3)10-5-6-16-9-10/h10-11H,5-9,13H2,1-4H3. The number of nitrogens with zero attached hydrogens (tertiary/aromatic N) is 1. The van der Waals surface area contributed by atoms with Crippen molar-refractivity contribution in [1.82, 2.24) is 4.90 Å². The van der Waals surface area contributed by atoms with Gasteiger partial charge in [-0.1, -0.05) is 0 Å². The quantitative estimate of drug-likeness (QED) is 0.735. The first-order chi connectivity index (χ1) is 7.50. The van der Waals surface area contributed by atoms with E-state index in [0.29, 0.717) is 18.6 Å². The Kier molecular flexibility index (Phi) is 5.18. The van der Waals surface area contributed by atoms with E-state index in [1.807, 2.05) is 0 Å². The third-order valence-electron chi connectivity index (χ3n) is 3.61. The smallest absolute Gasteiger partial charge is 0.0638 e. The van der Waals surface area contributed by atoms with Crippen molar-refractivity contribution < 1.29 is 9.47 Å². The van der Waals surface area contributed by atoms with Gasteiger partial charge in [0.05, 0.1) is 12.2 Å². The number of ether oxygens (including phenoxy) is 2. The highest BCUT2D eigenvalue weighted by molar-refractivity contribution is 4.84. The van der Waals surface area contributed by atoms with Gasteiger partial charge in [-0.05, 0) is 33.7 Å². The largest absolute Gasteiger partial charge is 0.380 e. The maximum Gasteiger partial charge on any atom is 0.0638 e. The molecule has 1 heterocycles. The summed E-state index contributed by atoms with van der Waals surface area (Å²) in [5.74, 6) is 0. The molecular weight excluding hydrogens is 204 g/mol. The fourth-order valence-electron chi connectivity index (χ4n) is 2.19. The van der Waals surface area contributed by atoms with Crippen LogP contribution in [-0.2, 0) is 9.47 Å². The Labute approximate surface area is 99.1 Å². The molecule has 1 saturated heterocycles. The number of rotatable bonds is 6. The highest BCUT2D eigenvalue weighted by Crippen LogP contribution is 2.21. The van der Waals surface area contributed by atoms with E-state index in [2.05, 4.69) is 25.8 Å². The molecule has 0 spiro atoms. The highest BCUT2D eigenvalue weighted by Gasteiger charge is 2.30. The van der Waals surface area contributed by atoms with E-state index < -0.39 is 0 Å². The number of hydrogen-bond acceptors (Lipinski definition) is 4. The molecule has 0 amide bonds. The normalized spacial score (nSPS) is 24.0. The summed E-state index contributed by atoms with van der Waals surface area (Å²) in [6, 6.07) is 0.878. The van der Waals surface area contributed by atoms with Crippen molar-refractivity contribution in [1.29, 1.82) is 0 Å². The van der Waals surface area contributed by atoms with Gasteiger partial charge in [0, 0.05) is 32.3 Å². The zero-order valence-corrected chi connectivity index (χ0v) is 11.0. The molecule has 1 aliphatic heterocycles. The lowest BCUT2D eigenvalue weighted by atomic mass is 9.97. The third-order valence-corrected chi connectivity index (χ3v) is 3.61. The zero-order valence-electron chi connectivity index (χ0n) is 11.0. The van der Waals surface area contributed by atoms with Gasteiger partial charge in [-0.2, -0.15) is 0 Å². The van der Waals surface area contributed by atoms with Crippen LogP contribution in [0.1, 0.15) is 26.7 Å². The lowest BCUT2D eigenvalue weighted by Gasteiger charge is -2.36. The predicted molar refractivity (Wildman–Crippen MR) is 65.5 cm³/mol. The average molecular weight is 230 g/mol. The van der Waals surface area contributed by atoms with Crippen LogP contribution in [0, 0.1) is 0 Å². The lowest BCUT2D eigenvalue weighted by Crippen LogP contribution is -2.48. The molecule has 16 heavy (non-hydrogen) atoms. The van der Waals surface area contributed by atoms with Crippen LogP contribution in [0.3, 0.4) is 0 Å². The molecule has 0 bridgehead atoms. The molecule has 2 N–H and O–H groups in total. The van der Waals surface area contributed by atoms with Crippen molar-refractivity contribution in [3.63, 3.8) is 0 Å².